The van der Waals surface area contributed by atoms with Crippen molar-refractivity contribution in [2.45, 2.75) is 31.3 Å². The van der Waals surface area contributed by atoms with Crippen molar-refractivity contribution in [1.82, 2.24) is 20.4 Å². The van der Waals surface area contributed by atoms with Gasteiger partial charge < -0.3 is 20.4 Å². The normalized spacial score (nSPS) is 22.6. The van der Waals surface area contributed by atoms with Crippen LogP contribution in [0.5, 0.6) is 0 Å². The van der Waals surface area contributed by atoms with Crippen LogP contribution in [0.25, 0.3) is 0 Å². The number of carbonyl (C=O) groups excluding carboxylic acids is 4. The highest BCUT2D eigenvalue weighted by Crippen LogP contribution is 2.31. The molecule has 10 heteroatoms. The Morgan fingerprint density at radius 1 is 0.732 bits per heavy atom. The molecule has 2 aromatic rings. The van der Waals surface area contributed by atoms with Gasteiger partial charge in [0.15, 0.2) is 0 Å². The molecular formula is C31H30N6O4. The molecule has 0 saturated carbocycles. The quantitative estimate of drug-likeness (QED) is 0.424. The molecule has 2 aromatic carbocycles. The summed E-state index contributed by atoms with van der Waals surface area (Å²) in [5.41, 5.74) is 4.24. The van der Waals surface area contributed by atoms with Gasteiger partial charge in [-0.15, -0.1) is 0 Å². The van der Waals surface area contributed by atoms with E-state index in [9.17, 15) is 19.2 Å². The second-order valence-electron chi connectivity index (χ2n) is 10.5. The average Bonchev–Trinajstić information content (AvgIpc) is 3.51. The Kier molecular flexibility index (Phi) is 7.28. The van der Waals surface area contributed by atoms with Gasteiger partial charge in [-0.25, -0.2) is 0 Å². The number of rotatable bonds is 6. The first-order valence-electron chi connectivity index (χ1n) is 13.8. The summed E-state index contributed by atoms with van der Waals surface area (Å²) in [5.74, 6) is -0.594. The summed E-state index contributed by atoms with van der Waals surface area (Å²) in [7, 11) is 0. The molecule has 2 saturated heterocycles. The summed E-state index contributed by atoms with van der Waals surface area (Å²) in [4.78, 5) is 63.3. The Balaban J connectivity index is 0.936. The third-order valence-electron chi connectivity index (χ3n) is 7.67. The molecule has 10 nitrogen and oxygen atoms in total. The number of fused-ring (bicyclic) bond motifs is 4. The number of nitrogens with zero attached hydrogens (tertiary/aromatic N) is 4. The van der Waals surface area contributed by atoms with Crippen molar-refractivity contribution < 1.29 is 19.2 Å². The van der Waals surface area contributed by atoms with Crippen molar-refractivity contribution in [3.8, 4) is 0 Å². The van der Waals surface area contributed by atoms with Gasteiger partial charge in [0.1, 0.15) is 0 Å². The van der Waals surface area contributed by atoms with Crippen LogP contribution in [0.15, 0.2) is 81.8 Å². The zero-order valence-corrected chi connectivity index (χ0v) is 22.5. The van der Waals surface area contributed by atoms with E-state index < -0.39 is 0 Å². The van der Waals surface area contributed by atoms with Crippen molar-refractivity contribution in [1.29, 1.82) is 0 Å². The van der Waals surface area contributed by atoms with E-state index >= 15 is 0 Å². The van der Waals surface area contributed by atoms with E-state index in [2.05, 4.69) is 20.6 Å². The molecule has 2 fully saturated rings. The molecule has 0 bridgehead atoms. The molecule has 41 heavy (non-hydrogen) atoms. The maximum Gasteiger partial charge on any atom is 0.256 e. The Labute approximate surface area is 237 Å². The first kappa shape index (κ1) is 26.4. The zero-order chi connectivity index (χ0) is 28.3. The minimum Gasteiger partial charge on any atom is -0.352 e. The van der Waals surface area contributed by atoms with E-state index in [4.69, 9.17) is 0 Å². The Hall–Kier alpha value is -4.86. The van der Waals surface area contributed by atoms with Gasteiger partial charge >= 0.3 is 0 Å². The molecule has 4 heterocycles. The van der Waals surface area contributed by atoms with Crippen LogP contribution < -0.4 is 10.6 Å². The molecule has 2 N–H and O–H groups in total. The second kappa shape index (κ2) is 11.3. The van der Waals surface area contributed by atoms with Crippen LogP contribution in [0.4, 0.5) is 11.4 Å². The van der Waals surface area contributed by atoms with E-state index in [1.165, 1.54) is 0 Å². The highest BCUT2D eigenvalue weighted by molar-refractivity contribution is 6.04. The maximum atomic E-state index is 13.0. The van der Waals surface area contributed by atoms with E-state index in [0.717, 1.165) is 11.1 Å². The number of para-hydroxylation sites is 2. The minimum atomic E-state index is -0.220. The summed E-state index contributed by atoms with van der Waals surface area (Å²) in [6.07, 6.45) is 8.40. The van der Waals surface area contributed by atoms with Crippen molar-refractivity contribution in [2.24, 2.45) is 9.98 Å². The molecule has 4 amide bonds. The van der Waals surface area contributed by atoms with Crippen LogP contribution in [0, 0.1) is 0 Å². The standard InChI is InChI=1S/C31H30N6O4/c38-28(14-20-12-22-16-34-26-8-3-1-6-24(26)30(40)36(22)18-20)32-10-5-11-33-29(39)15-21-13-23-17-35-27-9-4-2-7-25(27)31(41)37(23)19-21/h1-4,6-9,14-17,22-23H,5,10-13,18-19H2,(H,32,38)(H,33,39)/b20-14+,21-15+/t22-,23+. The smallest absolute Gasteiger partial charge is 0.256 e. The van der Waals surface area contributed by atoms with Gasteiger partial charge in [-0.1, -0.05) is 24.3 Å². The molecule has 4 aliphatic heterocycles. The van der Waals surface area contributed by atoms with Crippen LogP contribution in [0.2, 0.25) is 0 Å². The fourth-order valence-electron chi connectivity index (χ4n) is 5.64. The van der Waals surface area contributed by atoms with E-state index in [1.54, 1.807) is 46.5 Å². The van der Waals surface area contributed by atoms with Gasteiger partial charge in [-0.2, -0.15) is 0 Å². The molecule has 0 aliphatic carbocycles. The lowest BCUT2D eigenvalue weighted by Crippen LogP contribution is -2.35. The van der Waals surface area contributed by atoms with E-state index in [-0.39, 0.29) is 35.7 Å². The summed E-state index contributed by atoms with van der Waals surface area (Å²) < 4.78 is 0. The van der Waals surface area contributed by atoms with Crippen molar-refractivity contribution >= 4 is 47.4 Å². The summed E-state index contributed by atoms with van der Waals surface area (Å²) in [6, 6.07) is 14.2. The van der Waals surface area contributed by atoms with Gasteiger partial charge in [-0.05, 0) is 54.7 Å². The summed E-state index contributed by atoms with van der Waals surface area (Å²) in [5, 5.41) is 5.70. The first-order valence-corrected chi connectivity index (χ1v) is 13.8. The van der Waals surface area contributed by atoms with E-state index in [0.29, 0.717) is 67.9 Å². The topological polar surface area (TPSA) is 124 Å². The lowest BCUT2D eigenvalue weighted by molar-refractivity contribution is -0.116. The van der Waals surface area contributed by atoms with Crippen LogP contribution in [-0.2, 0) is 9.59 Å². The van der Waals surface area contributed by atoms with Crippen LogP contribution in [-0.4, -0.2) is 84.1 Å². The number of aliphatic imine (C=N–C) groups is 2. The fraction of sp³-hybridized carbons (Fsp3) is 0.290. The Morgan fingerprint density at radius 3 is 1.63 bits per heavy atom. The molecule has 0 aromatic heterocycles. The predicted molar refractivity (Wildman–Crippen MR) is 155 cm³/mol. The third-order valence-corrected chi connectivity index (χ3v) is 7.67. The first-order chi connectivity index (χ1) is 20.0. The molecule has 0 unspecified atom stereocenters. The molecule has 2 atom stereocenters. The molecular weight excluding hydrogens is 520 g/mol. The van der Waals surface area contributed by atoms with Crippen LogP contribution in [0.3, 0.4) is 0 Å². The number of hydrogen-bond donors (Lipinski definition) is 2. The third kappa shape index (κ3) is 5.58. The lowest BCUT2D eigenvalue weighted by Gasteiger charge is -2.19. The molecule has 6 rings (SSSR count). The monoisotopic (exact) mass is 550 g/mol. The number of amides is 4. The maximum absolute atomic E-state index is 13.0. The summed E-state index contributed by atoms with van der Waals surface area (Å²) >= 11 is 0. The Morgan fingerprint density at radius 2 is 1.17 bits per heavy atom. The molecule has 4 aliphatic rings. The largest absolute Gasteiger partial charge is 0.352 e. The van der Waals surface area contributed by atoms with Crippen molar-refractivity contribution in [2.75, 3.05) is 26.2 Å². The van der Waals surface area contributed by atoms with Gasteiger partial charge in [0.05, 0.1) is 34.6 Å². The fourth-order valence-corrected chi connectivity index (χ4v) is 5.64. The van der Waals surface area contributed by atoms with Gasteiger partial charge in [0, 0.05) is 50.8 Å². The predicted octanol–water partition coefficient (Wildman–Crippen LogP) is 2.72. The van der Waals surface area contributed by atoms with Crippen LogP contribution in [0.1, 0.15) is 40.0 Å². The Bertz CT molecular complexity index is 1430. The molecule has 0 radical (unpaired) electrons. The average molecular weight is 551 g/mol. The van der Waals surface area contributed by atoms with Crippen LogP contribution >= 0.6 is 0 Å². The van der Waals surface area contributed by atoms with Crippen molar-refractivity contribution in [3.63, 3.8) is 0 Å². The van der Waals surface area contributed by atoms with Crippen molar-refractivity contribution in [3.05, 3.63) is 83.0 Å². The van der Waals surface area contributed by atoms with Gasteiger partial charge in [0.25, 0.3) is 11.8 Å². The lowest BCUT2D eigenvalue weighted by atomic mass is 10.1. The second-order valence-corrected chi connectivity index (χ2v) is 10.5. The van der Waals surface area contributed by atoms with E-state index in [1.807, 2.05) is 36.4 Å². The zero-order valence-electron chi connectivity index (χ0n) is 22.5. The number of benzene rings is 2. The van der Waals surface area contributed by atoms with Gasteiger partial charge in [-0.3, -0.25) is 29.2 Å². The highest BCUT2D eigenvalue weighted by Gasteiger charge is 2.35. The molecule has 0 spiro atoms. The number of nitrogens with one attached hydrogen (secondary N) is 2. The number of carbonyl (C=O) groups is 4. The summed E-state index contributed by atoms with van der Waals surface area (Å²) in [6.45, 7) is 1.59. The minimum absolute atomic E-state index is 0.0771. The molecule has 208 valence electrons. The highest BCUT2D eigenvalue weighted by atomic mass is 16.2. The SMILES string of the molecule is O=C(/C=C1\C[C@H]2C=Nc3ccccc3C(=O)N2C1)NCCCNC(=O)/C=C1\C[C@@H]2C=Nc3ccccc3C(=O)N2C1. The number of hydrogen-bond acceptors (Lipinski definition) is 6. The van der Waals surface area contributed by atoms with Gasteiger partial charge in [0.2, 0.25) is 11.8 Å².